The van der Waals surface area contributed by atoms with Crippen LogP contribution in [0.15, 0.2) is 36.7 Å². The second-order valence-corrected chi connectivity index (χ2v) is 4.87. The first kappa shape index (κ1) is 13.7. The Kier molecular flexibility index (Phi) is 5.10. The Morgan fingerprint density at radius 2 is 2.05 bits per heavy atom. The van der Waals surface area contributed by atoms with Crippen molar-refractivity contribution >= 4 is 0 Å². The first-order valence-electron chi connectivity index (χ1n) is 6.83. The van der Waals surface area contributed by atoms with E-state index < -0.39 is 0 Å². The highest BCUT2D eigenvalue weighted by Gasteiger charge is 2.10. The van der Waals surface area contributed by atoms with E-state index in [1.807, 2.05) is 18.8 Å². The highest BCUT2D eigenvalue weighted by atomic mass is 15.3. The van der Waals surface area contributed by atoms with Crippen molar-refractivity contribution in [3.05, 3.63) is 48.0 Å². The van der Waals surface area contributed by atoms with Crippen LogP contribution in [0, 0.1) is 0 Å². The highest BCUT2D eigenvalue weighted by molar-refractivity contribution is 5.14. The van der Waals surface area contributed by atoms with Crippen LogP contribution in [0.5, 0.6) is 0 Å². The number of benzene rings is 1. The summed E-state index contributed by atoms with van der Waals surface area (Å²) in [5.41, 5.74) is 1.41. The van der Waals surface area contributed by atoms with Gasteiger partial charge < -0.3 is 5.32 Å². The van der Waals surface area contributed by atoms with Crippen LogP contribution in [0.25, 0.3) is 0 Å². The Balaban J connectivity index is 1.78. The predicted molar refractivity (Wildman–Crippen MR) is 76.9 cm³/mol. The van der Waals surface area contributed by atoms with Crippen molar-refractivity contribution < 1.29 is 0 Å². The lowest BCUT2D eigenvalue weighted by Crippen LogP contribution is -2.28. The van der Waals surface area contributed by atoms with Gasteiger partial charge in [0, 0.05) is 19.5 Å². The van der Waals surface area contributed by atoms with Gasteiger partial charge in [0.25, 0.3) is 0 Å². The largest absolute Gasteiger partial charge is 0.317 e. The minimum absolute atomic E-state index is 0.464. The molecule has 0 saturated heterocycles. The lowest BCUT2D eigenvalue weighted by molar-refractivity contribution is 0.482. The van der Waals surface area contributed by atoms with Gasteiger partial charge in [-0.25, -0.2) is 4.98 Å². The minimum atomic E-state index is 0.464. The molecule has 4 nitrogen and oxygen atoms in total. The molecule has 2 rings (SSSR count). The van der Waals surface area contributed by atoms with Gasteiger partial charge in [0.05, 0.1) is 0 Å². The molecule has 1 atom stereocenters. The van der Waals surface area contributed by atoms with E-state index in [0.29, 0.717) is 6.04 Å². The molecule has 0 bridgehead atoms. The van der Waals surface area contributed by atoms with Crippen molar-refractivity contribution in [2.75, 3.05) is 7.05 Å². The summed E-state index contributed by atoms with van der Waals surface area (Å²) in [7, 11) is 3.96. The van der Waals surface area contributed by atoms with Crippen LogP contribution in [0.2, 0.25) is 0 Å². The summed E-state index contributed by atoms with van der Waals surface area (Å²) >= 11 is 0. The molecule has 1 N–H and O–H groups in total. The van der Waals surface area contributed by atoms with Crippen molar-refractivity contribution in [1.82, 2.24) is 20.1 Å². The fourth-order valence-electron chi connectivity index (χ4n) is 2.27. The first-order chi connectivity index (χ1) is 9.29. The Bertz CT molecular complexity index is 478. The fraction of sp³-hybridized carbons (Fsp3) is 0.467. The average molecular weight is 258 g/mol. The van der Waals surface area contributed by atoms with Gasteiger partial charge in [-0.2, -0.15) is 5.10 Å². The number of nitrogens with one attached hydrogen (secondary N) is 1. The van der Waals surface area contributed by atoms with Gasteiger partial charge >= 0.3 is 0 Å². The van der Waals surface area contributed by atoms with Gasteiger partial charge in [0.15, 0.2) is 0 Å². The van der Waals surface area contributed by atoms with Crippen molar-refractivity contribution in [1.29, 1.82) is 0 Å². The Labute approximate surface area is 114 Å². The number of aromatic nitrogens is 3. The standard InChI is InChI=1S/C15H22N4/c1-16-14(11-15-17-12-18-19(15)2)10-6-9-13-7-4-3-5-8-13/h3-5,7-8,12,14,16H,6,9-11H2,1-2H3. The summed E-state index contributed by atoms with van der Waals surface area (Å²) in [6.07, 6.45) is 6.03. The van der Waals surface area contributed by atoms with E-state index >= 15 is 0 Å². The van der Waals surface area contributed by atoms with E-state index in [9.17, 15) is 0 Å². The first-order valence-corrected chi connectivity index (χ1v) is 6.83. The van der Waals surface area contributed by atoms with E-state index in [4.69, 9.17) is 0 Å². The van der Waals surface area contributed by atoms with E-state index in [1.54, 1.807) is 6.33 Å². The van der Waals surface area contributed by atoms with E-state index in [0.717, 1.165) is 25.1 Å². The topological polar surface area (TPSA) is 42.7 Å². The molecule has 1 unspecified atom stereocenters. The number of aryl methyl sites for hydroxylation is 2. The summed E-state index contributed by atoms with van der Waals surface area (Å²) < 4.78 is 1.85. The summed E-state index contributed by atoms with van der Waals surface area (Å²) in [6, 6.07) is 11.1. The van der Waals surface area contributed by atoms with E-state index in [-0.39, 0.29) is 0 Å². The van der Waals surface area contributed by atoms with Crippen LogP contribution in [0.4, 0.5) is 0 Å². The normalized spacial score (nSPS) is 12.5. The molecular formula is C15H22N4. The molecule has 0 aliphatic heterocycles. The monoisotopic (exact) mass is 258 g/mol. The van der Waals surface area contributed by atoms with Crippen molar-refractivity contribution in [3.8, 4) is 0 Å². The number of nitrogens with zero attached hydrogens (tertiary/aromatic N) is 3. The molecule has 19 heavy (non-hydrogen) atoms. The Hall–Kier alpha value is -1.68. The molecule has 2 aromatic rings. The number of likely N-dealkylation sites (N-methyl/N-ethyl adjacent to an activating group) is 1. The predicted octanol–water partition coefficient (Wildman–Crippen LogP) is 1.97. The quantitative estimate of drug-likeness (QED) is 0.825. The molecule has 1 heterocycles. The average Bonchev–Trinajstić information content (AvgIpc) is 2.84. The lowest BCUT2D eigenvalue weighted by atomic mass is 10.0. The molecule has 0 aliphatic rings. The molecule has 0 fully saturated rings. The van der Waals surface area contributed by atoms with E-state index in [1.165, 1.54) is 12.0 Å². The molecule has 1 aromatic carbocycles. The van der Waals surface area contributed by atoms with Crippen LogP contribution in [-0.2, 0) is 19.9 Å². The maximum absolute atomic E-state index is 4.28. The van der Waals surface area contributed by atoms with Crippen LogP contribution >= 0.6 is 0 Å². The van der Waals surface area contributed by atoms with Crippen LogP contribution < -0.4 is 5.32 Å². The molecule has 0 spiro atoms. The second-order valence-electron chi connectivity index (χ2n) is 4.87. The van der Waals surface area contributed by atoms with Gasteiger partial charge in [-0.1, -0.05) is 30.3 Å². The van der Waals surface area contributed by atoms with Gasteiger partial charge in [0.1, 0.15) is 12.2 Å². The molecule has 0 aliphatic carbocycles. The lowest BCUT2D eigenvalue weighted by Gasteiger charge is -2.15. The SMILES string of the molecule is CNC(CCCc1ccccc1)Cc1ncnn1C. The van der Waals surface area contributed by atoms with Crippen LogP contribution in [0.1, 0.15) is 24.2 Å². The molecular weight excluding hydrogens is 236 g/mol. The zero-order valence-electron chi connectivity index (χ0n) is 11.7. The zero-order valence-corrected chi connectivity index (χ0v) is 11.7. The molecule has 0 radical (unpaired) electrons. The van der Waals surface area contributed by atoms with Gasteiger partial charge in [-0.3, -0.25) is 4.68 Å². The second kappa shape index (κ2) is 7.04. The summed E-state index contributed by atoms with van der Waals surface area (Å²) in [5.74, 6) is 1.04. The summed E-state index contributed by atoms with van der Waals surface area (Å²) in [6.45, 7) is 0. The Morgan fingerprint density at radius 1 is 1.26 bits per heavy atom. The van der Waals surface area contributed by atoms with Crippen LogP contribution in [0.3, 0.4) is 0 Å². The molecule has 4 heteroatoms. The van der Waals surface area contributed by atoms with Gasteiger partial charge in [-0.15, -0.1) is 0 Å². The molecule has 1 aromatic heterocycles. The van der Waals surface area contributed by atoms with Crippen molar-refractivity contribution in [2.45, 2.75) is 31.7 Å². The zero-order chi connectivity index (χ0) is 13.5. The maximum Gasteiger partial charge on any atom is 0.138 e. The van der Waals surface area contributed by atoms with Gasteiger partial charge in [-0.05, 0) is 31.9 Å². The number of hydrogen-bond acceptors (Lipinski definition) is 3. The van der Waals surface area contributed by atoms with Crippen LogP contribution in [-0.4, -0.2) is 27.9 Å². The maximum atomic E-state index is 4.28. The number of rotatable bonds is 7. The third-order valence-corrected chi connectivity index (χ3v) is 3.50. The smallest absolute Gasteiger partial charge is 0.138 e. The highest BCUT2D eigenvalue weighted by Crippen LogP contribution is 2.09. The molecule has 0 amide bonds. The summed E-state index contributed by atoms with van der Waals surface area (Å²) in [4.78, 5) is 4.28. The third kappa shape index (κ3) is 4.17. The minimum Gasteiger partial charge on any atom is -0.317 e. The van der Waals surface area contributed by atoms with Gasteiger partial charge in [0.2, 0.25) is 0 Å². The Morgan fingerprint density at radius 3 is 2.68 bits per heavy atom. The van der Waals surface area contributed by atoms with Crippen molar-refractivity contribution in [2.24, 2.45) is 7.05 Å². The molecule has 102 valence electrons. The summed E-state index contributed by atoms with van der Waals surface area (Å²) in [5, 5.41) is 7.48. The fourth-order valence-corrected chi connectivity index (χ4v) is 2.27. The van der Waals surface area contributed by atoms with Crippen molar-refractivity contribution in [3.63, 3.8) is 0 Å². The third-order valence-electron chi connectivity index (χ3n) is 3.50. The van der Waals surface area contributed by atoms with E-state index in [2.05, 4.69) is 45.7 Å². The molecule has 0 saturated carbocycles. The number of hydrogen-bond donors (Lipinski definition) is 1.